The molecule has 3 nitrogen and oxygen atoms in total. The molecule has 0 spiro atoms. The predicted octanol–water partition coefficient (Wildman–Crippen LogP) is 3.25. The number of pyridine rings is 1. The van der Waals surface area contributed by atoms with Gasteiger partial charge in [-0.1, -0.05) is 0 Å². The van der Waals surface area contributed by atoms with E-state index in [9.17, 15) is 0 Å². The summed E-state index contributed by atoms with van der Waals surface area (Å²) in [6.45, 7) is 4.01. The highest BCUT2D eigenvalue weighted by Gasteiger charge is 2.10. The van der Waals surface area contributed by atoms with E-state index in [4.69, 9.17) is 10.00 Å². The standard InChI is InChI=1S/C15H14N2O/c1-10-7-15(18-3)11(2)6-14(10)13-4-5-17-9-12(13)8-16/h4-7,9H,1-3H3. The lowest BCUT2D eigenvalue weighted by Crippen LogP contribution is -1.93. The molecule has 0 aliphatic heterocycles. The Bertz CT molecular complexity index is 627. The molecular weight excluding hydrogens is 224 g/mol. The summed E-state index contributed by atoms with van der Waals surface area (Å²) in [5.41, 5.74) is 4.69. The number of aromatic nitrogens is 1. The third-order valence-corrected chi connectivity index (χ3v) is 2.97. The largest absolute Gasteiger partial charge is 0.496 e. The quantitative estimate of drug-likeness (QED) is 0.806. The van der Waals surface area contributed by atoms with Gasteiger partial charge in [0.1, 0.15) is 11.8 Å². The van der Waals surface area contributed by atoms with Crippen LogP contribution in [0.1, 0.15) is 16.7 Å². The van der Waals surface area contributed by atoms with E-state index in [1.165, 1.54) is 0 Å². The highest BCUT2D eigenvalue weighted by Crippen LogP contribution is 2.31. The fourth-order valence-corrected chi connectivity index (χ4v) is 2.02. The van der Waals surface area contributed by atoms with Crippen molar-refractivity contribution in [3.63, 3.8) is 0 Å². The topological polar surface area (TPSA) is 45.9 Å². The summed E-state index contributed by atoms with van der Waals surface area (Å²) >= 11 is 0. The molecule has 90 valence electrons. The van der Waals surface area contributed by atoms with Crippen molar-refractivity contribution in [1.82, 2.24) is 4.98 Å². The Balaban J connectivity index is 2.65. The summed E-state index contributed by atoms with van der Waals surface area (Å²) in [6.07, 6.45) is 3.30. The molecule has 0 atom stereocenters. The summed E-state index contributed by atoms with van der Waals surface area (Å²) in [5.74, 6) is 0.865. The van der Waals surface area contributed by atoms with Crippen LogP contribution < -0.4 is 4.74 Å². The third kappa shape index (κ3) is 2.05. The second kappa shape index (κ2) is 4.89. The van der Waals surface area contributed by atoms with E-state index in [2.05, 4.69) is 11.1 Å². The van der Waals surface area contributed by atoms with Gasteiger partial charge in [0.2, 0.25) is 0 Å². The van der Waals surface area contributed by atoms with Gasteiger partial charge in [0.05, 0.1) is 12.7 Å². The number of hydrogen-bond donors (Lipinski definition) is 0. The van der Waals surface area contributed by atoms with Gasteiger partial charge in [0, 0.05) is 18.0 Å². The van der Waals surface area contributed by atoms with E-state index < -0.39 is 0 Å². The van der Waals surface area contributed by atoms with Crippen molar-refractivity contribution in [2.24, 2.45) is 0 Å². The van der Waals surface area contributed by atoms with Crippen molar-refractivity contribution < 1.29 is 4.74 Å². The molecule has 0 bridgehead atoms. The van der Waals surface area contributed by atoms with Crippen molar-refractivity contribution in [3.05, 3.63) is 47.3 Å². The van der Waals surface area contributed by atoms with Gasteiger partial charge in [-0.3, -0.25) is 4.98 Å². The molecule has 1 aromatic carbocycles. The summed E-state index contributed by atoms with van der Waals surface area (Å²) in [6, 6.07) is 8.08. The number of methoxy groups -OCH3 is 1. The summed E-state index contributed by atoms with van der Waals surface area (Å²) in [7, 11) is 1.66. The number of nitrogens with zero attached hydrogens (tertiary/aromatic N) is 2. The van der Waals surface area contributed by atoms with Crippen LogP contribution in [0.4, 0.5) is 0 Å². The first kappa shape index (κ1) is 12.1. The van der Waals surface area contributed by atoms with Gasteiger partial charge >= 0.3 is 0 Å². The van der Waals surface area contributed by atoms with Gasteiger partial charge in [-0.25, -0.2) is 0 Å². The Morgan fingerprint density at radius 2 is 1.94 bits per heavy atom. The lowest BCUT2D eigenvalue weighted by atomic mass is 9.96. The zero-order valence-corrected chi connectivity index (χ0v) is 10.7. The molecule has 1 heterocycles. The number of ether oxygens (including phenoxy) is 1. The van der Waals surface area contributed by atoms with Crippen LogP contribution >= 0.6 is 0 Å². The Morgan fingerprint density at radius 1 is 1.17 bits per heavy atom. The maximum atomic E-state index is 9.13. The van der Waals surface area contributed by atoms with Gasteiger partial charge in [-0.15, -0.1) is 0 Å². The fourth-order valence-electron chi connectivity index (χ4n) is 2.02. The van der Waals surface area contributed by atoms with E-state index in [0.29, 0.717) is 5.56 Å². The van der Waals surface area contributed by atoms with E-state index in [-0.39, 0.29) is 0 Å². The molecule has 0 aliphatic rings. The molecular formula is C15H14N2O. The predicted molar refractivity (Wildman–Crippen MR) is 70.4 cm³/mol. The number of aryl methyl sites for hydroxylation is 2. The SMILES string of the molecule is COc1cc(C)c(-c2ccncc2C#N)cc1C. The molecule has 2 aromatic rings. The van der Waals surface area contributed by atoms with Crippen LogP contribution in [0.5, 0.6) is 5.75 Å². The normalized spacial score (nSPS) is 9.89. The molecule has 1 aromatic heterocycles. The van der Waals surface area contributed by atoms with E-state index in [1.807, 2.05) is 32.0 Å². The van der Waals surface area contributed by atoms with Crippen LogP contribution in [0, 0.1) is 25.2 Å². The fraction of sp³-hybridized carbons (Fsp3) is 0.200. The number of benzene rings is 1. The zero-order valence-electron chi connectivity index (χ0n) is 10.7. The highest BCUT2D eigenvalue weighted by atomic mass is 16.5. The Morgan fingerprint density at radius 3 is 2.61 bits per heavy atom. The van der Waals surface area contributed by atoms with Crippen LogP contribution in [-0.4, -0.2) is 12.1 Å². The smallest absolute Gasteiger partial charge is 0.122 e. The Labute approximate surface area is 107 Å². The minimum absolute atomic E-state index is 0.588. The summed E-state index contributed by atoms with van der Waals surface area (Å²) in [5, 5.41) is 9.13. The molecule has 0 aliphatic carbocycles. The Hall–Kier alpha value is -2.34. The molecule has 0 radical (unpaired) electrons. The van der Waals surface area contributed by atoms with Gasteiger partial charge in [0.25, 0.3) is 0 Å². The molecule has 0 saturated carbocycles. The lowest BCUT2D eigenvalue weighted by Gasteiger charge is -2.12. The van der Waals surface area contributed by atoms with Crippen LogP contribution in [0.2, 0.25) is 0 Å². The first-order valence-corrected chi connectivity index (χ1v) is 5.67. The molecule has 0 amide bonds. The molecule has 0 saturated heterocycles. The number of hydrogen-bond acceptors (Lipinski definition) is 3. The van der Waals surface area contributed by atoms with Crippen LogP contribution in [0.3, 0.4) is 0 Å². The van der Waals surface area contributed by atoms with Crippen molar-refractivity contribution in [2.75, 3.05) is 7.11 Å². The van der Waals surface area contributed by atoms with E-state index in [1.54, 1.807) is 19.5 Å². The number of nitriles is 1. The van der Waals surface area contributed by atoms with Crippen LogP contribution in [0.25, 0.3) is 11.1 Å². The first-order chi connectivity index (χ1) is 8.67. The van der Waals surface area contributed by atoms with Crippen LogP contribution in [-0.2, 0) is 0 Å². The van der Waals surface area contributed by atoms with Gasteiger partial charge in [-0.2, -0.15) is 5.26 Å². The molecule has 0 fully saturated rings. The zero-order chi connectivity index (χ0) is 13.1. The summed E-state index contributed by atoms with van der Waals surface area (Å²) in [4.78, 5) is 3.98. The second-order valence-corrected chi connectivity index (χ2v) is 4.17. The molecule has 0 N–H and O–H groups in total. The van der Waals surface area contributed by atoms with Crippen molar-refractivity contribution in [1.29, 1.82) is 5.26 Å². The Kier molecular flexibility index (Phi) is 3.29. The lowest BCUT2D eigenvalue weighted by molar-refractivity contribution is 0.411. The van der Waals surface area contributed by atoms with Crippen molar-refractivity contribution in [2.45, 2.75) is 13.8 Å². The average molecular weight is 238 g/mol. The molecule has 2 rings (SSSR count). The minimum atomic E-state index is 0.588. The first-order valence-electron chi connectivity index (χ1n) is 5.67. The average Bonchev–Trinajstić information content (AvgIpc) is 2.41. The molecule has 0 unspecified atom stereocenters. The maximum Gasteiger partial charge on any atom is 0.122 e. The molecule has 18 heavy (non-hydrogen) atoms. The second-order valence-electron chi connectivity index (χ2n) is 4.17. The van der Waals surface area contributed by atoms with E-state index >= 15 is 0 Å². The van der Waals surface area contributed by atoms with Crippen molar-refractivity contribution >= 4 is 0 Å². The third-order valence-electron chi connectivity index (χ3n) is 2.97. The maximum absolute atomic E-state index is 9.13. The summed E-state index contributed by atoms with van der Waals surface area (Å²) < 4.78 is 5.30. The van der Waals surface area contributed by atoms with Crippen LogP contribution in [0.15, 0.2) is 30.6 Å². The van der Waals surface area contributed by atoms with Crippen molar-refractivity contribution in [3.8, 4) is 22.9 Å². The van der Waals surface area contributed by atoms with Gasteiger partial charge in [-0.05, 0) is 48.7 Å². The monoisotopic (exact) mass is 238 g/mol. The highest BCUT2D eigenvalue weighted by molar-refractivity contribution is 5.74. The molecule has 3 heteroatoms. The minimum Gasteiger partial charge on any atom is -0.496 e. The number of rotatable bonds is 2. The van der Waals surface area contributed by atoms with Gasteiger partial charge < -0.3 is 4.74 Å². The van der Waals surface area contributed by atoms with E-state index in [0.717, 1.165) is 28.0 Å². The van der Waals surface area contributed by atoms with Gasteiger partial charge in [0.15, 0.2) is 0 Å².